The molecule has 7 heteroatoms. The van der Waals surface area contributed by atoms with Crippen LogP contribution in [0.25, 0.3) is 0 Å². The van der Waals surface area contributed by atoms with Crippen LogP contribution in [0.15, 0.2) is 60.8 Å². The number of halogens is 1. The van der Waals surface area contributed by atoms with Crippen molar-refractivity contribution in [2.24, 2.45) is 0 Å². The van der Waals surface area contributed by atoms with Crippen molar-refractivity contribution >= 4 is 17.5 Å². The zero-order chi connectivity index (χ0) is 18.9. The third kappa shape index (κ3) is 6.27. The van der Waals surface area contributed by atoms with Crippen molar-refractivity contribution < 1.29 is 18.7 Å². The first-order valence-corrected chi connectivity index (χ1v) is 7.87. The molecule has 2 aromatic rings. The van der Waals surface area contributed by atoms with Crippen LogP contribution in [0.1, 0.15) is 12.0 Å². The fourth-order valence-electron chi connectivity index (χ4n) is 2.11. The van der Waals surface area contributed by atoms with Gasteiger partial charge < -0.3 is 15.5 Å². The summed E-state index contributed by atoms with van der Waals surface area (Å²) in [6, 6.07) is 12.6. The van der Waals surface area contributed by atoms with Gasteiger partial charge in [0.15, 0.2) is 0 Å². The van der Waals surface area contributed by atoms with Crippen molar-refractivity contribution in [1.82, 2.24) is 10.9 Å². The summed E-state index contributed by atoms with van der Waals surface area (Å²) in [7, 11) is 1.57. The number of hydrazine groups is 1. The van der Waals surface area contributed by atoms with Crippen LogP contribution in [0.3, 0.4) is 0 Å². The third-order valence-corrected chi connectivity index (χ3v) is 3.40. The minimum atomic E-state index is -0.381. The fraction of sp³-hybridized carbons (Fsp3) is 0.158. The van der Waals surface area contributed by atoms with Crippen LogP contribution in [-0.2, 0) is 16.0 Å². The summed E-state index contributed by atoms with van der Waals surface area (Å²) in [4.78, 5) is 23.8. The van der Waals surface area contributed by atoms with Crippen LogP contribution < -0.4 is 20.9 Å². The molecule has 0 aliphatic carbocycles. The maximum atomic E-state index is 12.8. The number of amides is 2. The number of methoxy groups -OCH3 is 1. The summed E-state index contributed by atoms with van der Waals surface area (Å²) < 4.78 is 17.9. The number of hydrogen-bond donors (Lipinski definition) is 3. The normalized spacial score (nSPS) is 9.92. The molecule has 0 bridgehead atoms. The number of rotatable bonds is 8. The second-order valence-corrected chi connectivity index (χ2v) is 5.53. The second-order valence-electron chi connectivity index (χ2n) is 5.53. The van der Waals surface area contributed by atoms with Crippen molar-refractivity contribution in [2.45, 2.75) is 12.8 Å². The molecule has 3 N–H and O–H groups in total. The SMILES string of the molecule is C=C(CC(=O)Nc1ccc(F)cc1)NNC(=O)Cc1ccc(OC)cc1. The lowest BCUT2D eigenvalue weighted by molar-refractivity contribution is -0.121. The van der Waals surface area contributed by atoms with Crippen LogP contribution in [0.2, 0.25) is 0 Å². The average Bonchev–Trinajstić information content (AvgIpc) is 2.62. The zero-order valence-corrected chi connectivity index (χ0v) is 14.3. The molecule has 136 valence electrons. The molecule has 0 unspecified atom stereocenters. The Labute approximate surface area is 151 Å². The van der Waals surface area contributed by atoms with Gasteiger partial charge in [-0.1, -0.05) is 18.7 Å². The lowest BCUT2D eigenvalue weighted by atomic mass is 10.1. The molecule has 0 aromatic heterocycles. The summed E-state index contributed by atoms with van der Waals surface area (Å²) >= 11 is 0. The van der Waals surface area contributed by atoms with Crippen LogP contribution in [0, 0.1) is 5.82 Å². The highest BCUT2D eigenvalue weighted by Crippen LogP contribution is 2.11. The highest BCUT2D eigenvalue weighted by molar-refractivity contribution is 5.92. The Morgan fingerprint density at radius 1 is 1.00 bits per heavy atom. The third-order valence-electron chi connectivity index (χ3n) is 3.40. The minimum Gasteiger partial charge on any atom is -0.497 e. The quantitative estimate of drug-likeness (QED) is 0.635. The van der Waals surface area contributed by atoms with Gasteiger partial charge in [-0.15, -0.1) is 0 Å². The van der Waals surface area contributed by atoms with Gasteiger partial charge in [0.05, 0.1) is 20.0 Å². The average molecular weight is 357 g/mol. The smallest absolute Gasteiger partial charge is 0.242 e. The number of ether oxygens (including phenoxy) is 1. The molecule has 2 aromatic carbocycles. The van der Waals surface area contributed by atoms with Gasteiger partial charge in [-0.05, 0) is 42.0 Å². The Bertz CT molecular complexity index is 774. The van der Waals surface area contributed by atoms with Crippen molar-refractivity contribution in [3.05, 3.63) is 72.2 Å². The molecule has 0 fully saturated rings. The Kier molecular flexibility index (Phi) is 6.73. The largest absolute Gasteiger partial charge is 0.497 e. The fourth-order valence-corrected chi connectivity index (χ4v) is 2.11. The molecule has 0 heterocycles. The van der Waals surface area contributed by atoms with E-state index in [4.69, 9.17) is 4.74 Å². The van der Waals surface area contributed by atoms with Gasteiger partial charge in [-0.25, -0.2) is 4.39 Å². The van der Waals surface area contributed by atoms with Gasteiger partial charge in [0.25, 0.3) is 0 Å². The first-order chi connectivity index (χ1) is 12.5. The molecule has 0 aliphatic rings. The summed E-state index contributed by atoms with van der Waals surface area (Å²) in [5.41, 5.74) is 6.73. The maximum absolute atomic E-state index is 12.8. The molecule has 0 radical (unpaired) electrons. The van der Waals surface area contributed by atoms with Gasteiger partial charge in [0.2, 0.25) is 11.8 Å². The molecule has 0 aliphatic heterocycles. The number of benzene rings is 2. The van der Waals surface area contributed by atoms with Crippen molar-refractivity contribution in [2.75, 3.05) is 12.4 Å². The van der Waals surface area contributed by atoms with E-state index in [2.05, 4.69) is 22.7 Å². The highest BCUT2D eigenvalue weighted by Gasteiger charge is 2.07. The highest BCUT2D eigenvalue weighted by atomic mass is 19.1. The number of anilines is 1. The minimum absolute atomic E-state index is 0.0415. The molecule has 0 saturated carbocycles. The van der Waals surface area contributed by atoms with E-state index >= 15 is 0 Å². The van der Waals surface area contributed by atoms with Crippen molar-refractivity contribution in [3.8, 4) is 5.75 Å². The molecule has 26 heavy (non-hydrogen) atoms. The molecular weight excluding hydrogens is 337 g/mol. The summed E-state index contributed by atoms with van der Waals surface area (Å²) in [5, 5.41) is 2.61. The summed E-state index contributed by atoms with van der Waals surface area (Å²) in [5.74, 6) is -0.268. The van der Waals surface area contributed by atoms with Crippen LogP contribution in [0.4, 0.5) is 10.1 Å². The Morgan fingerprint density at radius 2 is 1.65 bits per heavy atom. The van der Waals surface area contributed by atoms with E-state index in [0.29, 0.717) is 17.1 Å². The summed E-state index contributed by atoms with van der Waals surface area (Å²) in [6.07, 6.45) is 0.131. The predicted molar refractivity (Wildman–Crippen MR) is 96.8 cm³/mol. The number of nitrogens with one attached hydrogen (secondary N) is 3. The first kappa shape index (κ1) is 19.0. The van der Waals surface area contributed by atoms with Crippen molar-refractivity contribution in [1.29, 1.82) is 0 Å². The Hall–Kier alpha value is -3.35. The first-order valence-electron chi connectivity index (χ1n) is 7.87. The van der Waals surface area contributed by atoms with E-state index in [0.717, 1.165) is 5.56 Å². The van der Waals surface area contributed by atoms with Crippen LogP contribution in [-0.4, -0.2) is 18.9 Å². The maximum Gasteiger partial charge on any atom is 0.242 e. The topological polar surface area (TPSA) is 79.5 Å². The van der Waals surface area contributed by atoms with E-state index < -0.39 is 0 Å². The van der Waals surface area contributed by atoms with Crippen LogP contribution in [0.5, 0.6) is 5.75 Å². The lowest BCUT2D eigenvalue weighted by Gasteiger charge is -2.11. The molecule has 2 amide bonds. The Balaban J connectivity index is 1.72. The lowest BCUT2D eigenvalue weighted by Crippen LogP contribution is -2.38. The van der Waals surface area contributed by atoms with Gasteiger partial charge in [-0.2, -0.15) is 0 Å². The van der Waals surface area contributed by atoms with E-state index in [9.17, 15) is 14.0 Å². The molecule has 0 atom stereocenters. The zero-order valence-electron chi connectivity index (χ0n) is 14.3. The van der Waals surface area contributed by atoms with E-state index in [-0.39, 0.29) is 30.5 Å². The van der Waals surface area contributed by atoms with E-state index in [1.54, 1.807) is 31.4 Å². The standard InChI is InChI=1S/C19H20FN3O3/c1-13(11-18(24)21-16-7-5-15(20)6-8-16)22-23-19(25)12-14-3-9-17(26-2)10-4-14/h3-10,22H,1,11-12H2,2H3,(H,21,24)(H,23,25). The number of carbonyl (C=O) groups excluding carboxylic acids is 2. The number of hydrogen-bond acceptors (Lipinski definition) is 4. The summed E-state index contributed by atoms with van der Waals surface area (Å²) in [6.45, 7) is 3.69. The second kappa shape index (κ2) is 9.22. The Morgan fingerprint density at radius 3 is 2.27 bits per heavy atom. The predicted octanol–water partition coefficient (Wildman–Crippen LogP) is 2.54. The molecule has 0 saturated heterocycles. The monoisotopic (exact) mass is 357 g/mol. The molecule has 2 rings (SSSR count). The van der Waals surface area contributed by atoms with E-state index in [1.807, 2.05) is 0 Å². The van der Waals surface area contributed by atoms with Crippen molar-refractivity contribution in [3.63, 3.8) is 0 Å². The van der Waals surface area contributed by atoms with Crippen LogP contribution >= 0.6 is 0 Å². The molecule has 6 nitrogen and oxygen atoms in total. The number of carbonyl (C=O) groups is 2. The molecular formula is C19H20FN3O3. The van der Waals surface area contributed by atoms with Gasteiger partial charge in [0, 0.05) is 11.4 Å². The van der Waals surface area contributed by atoms with E-state index in [1.165, 1.54) is 24.3 Å². The van der Waals surface area contributed by atoms with Gasteiger partial charge in [-0.3, -0.25) is 15.0 Å². The van der Waals surface area contributed by atoms with Gasteiger partial charge >= 0.3 is 0 Å². The molecule has 0 spiro atoms. The van der Waals surface area contributed by atoms with Gasteiger partial charge in [0.1, 0.15) is 11.6 Å².